The lowest BCUT2D eigenvalue weighted by atomic mass is 10.1. The number of hydrogen-bond donors (Lipinski definition) is 2. The predicted molar refractivity (Wildman–Crippen MR) is 107 cm³/mol. The molecular weight excluding hydrogens is 362 g/mol. The molecule has 1 aliphatic rings. The zero-order valence-electron chi connectivity index (χ0n) is 15.8. The summed E-state index contributed by atoms with van der Waals surface area (Å²) in [6, 6.07) is 11.6. The van der Waals surface area contributed by atoms with Gasteiger partial charge in [0.1, 0.15) is 0 Å². The molecule has 0 spiro atoms. The molecule has 7 heteroatoms. The molecule has 1 saturated heterocycles. The molecule has 1 atom stereocenters. The van der Waals surface area contributed by atoms with Crippen LogP contribution < -0.4 is 10.0 Å². The summed E-state index contributed by atoms with van der Waals surface area (Å²) in [7, 11) is -3.71. The minimum Gasteiger partial charge on any atom is -0.333 e. The van der Waals surface area contributed by atoms with Gasteiger partial charge in [0.2, 0.25) is 0 Å². The van der Waals surface area contributed by atoms with Crippen LogP contribution in [-0.2, 0) is 10.0 Å². The van der Waals surface area contributed by atoms with Crippen molar-refractivity contribution >= 4 is 21.6 Å². The first-order valence-corrected chi connectivity index (χ1v) is 10.5. The zero-order valence-corrected chi connectivity index (χ0v) is 16.6. The monoisotopic (exact) mass is 387 g/mol. The Morgan fingerprint density at radius 2 is 1.81 bits per heavy atom. The third kappa shape index (κ3) is 4.31. The van der Waals surface area contributed by atoms with Gasteiger partial charge in [0.05, 0.1) is 4.90 Å². The van der Waals surface area contributed by atoms with Crippen LogP contribution in [0.4, 0.5) is 5.69 Å². The van der Waals surface area contributed by atoms with Gasteiger partial charge in [0.15, 0.2) is 0 Å². The number of aryl methyl sites for hydroxylation is 2. The van der Waals surface area contributed by atoms with Gasteiger partial charge in [-0.05, 0) is 68.3 Å². The first-order valence-electron chi connectivity index (χ1n) is 9.00. The second kappa shape index (κ2) is 7.70. The number of amides is 1. The Labute approximate surface area is 160 Å². The van der Waals surface area contributed by atoms with E-state index in [1.54, 1.807) is 24.3 Å². The molecule has 1 amide bonds. The van der Waals surface area contributed by atoms with Crippen molar-refractivity contribution in [1.29, 1.82) is 0 Å². The van der Waals surface area contributed by atoms with Crippen molar-refractivity contribution in [2.24, 2.45) is 0 Å². The van der Waals surface area contributed by atoms with Crippen molar-refractivity contribution in [3.63, 3.8) is 0 Å². The molecule has 2 aromatic rings. The van der Waals surface area contributed by atoms with E-state index in [2.05, 4.69) is 10.0 Å². The topological polar surface area (TPSA) is 78.5 Å². The fraction of sp³-hybridized carbons (Fsp3) is 0.350. The molecule has 6 nitrogen and oxygen atoms in total. The van der Waals surface area contributed by atoms with Crippen molar-refractivity contribution in [2.45, 2.75) is 31.7 Å². The number of carbonyl (C=O) groups excluding carboxylic acids is 1. The average Bonchev–Trinajstić information content (AvgIpc) is 2.64. The zero-order chi connectivity index (χ0) is 19.6. The molecule has 27 heavy (non-hydrogen) atoms. The highest BCUT2D eigenvalue weighted by atomic mass is 32.2. The average molecular weight is 388 g/mol. The first-order chi connectivity index (χ1) is 12.8. The van der Waals surface area contributed by atoms with E-state index < -0.39 is 10.0 Å². The van der Waals surface area contributed by atoms with Gasteiger partial charge in [-0.3, -0.25) is 9.52 Å². The maximum absolute atomic E-state index is 12.7. The van der Waals surface area contributed by atoms with E-state index in [9.17, 15) is 13.2 Å². The minimum atomic E-state index is -3.71. The molecule has 0 radical (unpaired) electrons. The van der Waals surface area contributed by atoms with E-state index in [-0.39, 0.29) is 16.8 Å². The van der Waals surface area contributed by atoms with E-state index >= 15 is 0 Å². The van der Waals surface area contributed by atoms with Crippen LogP contribution in [-0.4, -0.2) is 44.9 Å². The van der Waals surface area contributed by atoms with Crippen LogP contribution in [0, 0.1) is 13.8 Å². The lowest BCUT2D eigenvalue weighted by molar-refractivity contribution is 0.0655. The van der Waals surface area contributed by atoms with Crippen molar-refractivity contribution in [3.8, 4) is 0 Å². The van der Waals surface area contributed by atoms with Crippen molar-refractivity contribution < 1.29 is 13.2 Å². The highest BCUT2D eigenvalue weighted by molar-refractivity contribution is 7.92. The third-order valence-electron chi connectivity index (χ3n) is 4.93. The molecule has 3 rings (SSSR count). The van der Waals surface area contributed by atoms with Crippen molar-refractivity contribution in [1.82, 2.24) is 10.2 Å². The highest BCUT2D eigenvalue weighted by Gasteiger charge is 2.24. The Morgan fingerprint density at radius 3 is 2.44 bits per heavy atom. The summed E-state index contributed by atoms with van der Waals surface area (Å²) in [6.45, 7) is 8.08. The fourth-order valence-corrected chi connectivity index (χ4v) is 4.15. The number of sulfonamides is 1. The van der Waals surface area contributed by atoms with E-state index in [4.69, 9.17) is 0 Å². The summed E-state index contributed by atoms with van der Waals surface area (Å²) >= 11 is 0. The molecule has 1 heterocycles. The highest BCUT2D eigenvalue weighted by Crippen LogP contribution is 2.20. The second-order valence-corrected chi connectivity index (χ2v) is 8.66. The molecular formula is C20H25N3O3S. The van der Waals surface area contributed by atoms with Gasteiger partial charge in [-0.2, -0.15) is 0 Å². The largest absolute Gasteiger partial charge is 0.333 e. The van der Waals surface area contributed by atoms with Crippen LogP contribution in [0.2, 0.25) is 0 Å². The number of benzene rings is 2. The normalized spacial score (nSPS) is 17.6. The number of anilines is 1. The molecule has 0 saturated carbocycles. The van der Waals surface area contributed by atoms with Gasteiger partial charge in [0.25, 0.3) is 15.9 Å². The minimum absolute atomic E-state index is 0.0740. The molecule has 2 N–H and O–H groups in total. The van der Waals surface area contributed by atoms with E-state index in [1.165, 1.54) is 12.1 Å². The quantitative estimate of drug-likeness (QED) is 0.845. The van der Waals surface area contributed by atoms with Gasteiger partial charge in [0, 0.05) is 36.9 Å². The van der Waals surface area contributed by atoms with Crippen LogP contribution >= 0.6 is 0 Å². The van der Waals surface area contributed by atoms with Crippen LogP contribution in [0.1, 0.15) is 28.4 Å². The smallest absolute Gasteiger partial charge is 0.261 e. The number of hydrogen-bond acceptors (Lipinski definition) is 4. The summed E-state index contributed by atoms with van der Waals surface area (Å²) < 4.78 is 27.8. The van der Waals surface area contributed by atoms with Crippen LogP contribution in [0.3, 0.4) is 0 Å². The Morgan fingerprint density at radius 1 is 1.11 bits per heavy atom. The summed E-state index contributed by atoms with van der Waals surface area (Å²) in [4.78, 5) is 14.6. The Kier molecular flexibility index (Phi) is 5.53. The maximum atomic E-state index is 12.7. The lowest BCUT2D eigenvalue weighted by Gasteiger charge is -2.34. The molecule has 0 unspecified atom stereocenters. The number of piperazine rings is 1. The molecule has 1 aliphatic heterocycles. The van der Waals surface area contributed by atoms with Gasteiger partial charge >= 0.3 is 0 Å². The Balaban J connectivity index is 1.77. The molecule has 1 fully saturated rings. The summed E-state index contributed by atoms with van der Waals surface area (Å²) in [6.07, 6.45) is 0. The summed E-state index contributed by atoms with van der Waals surface area (Å²) in [5.74, 6) is -0.0740. The molecule has 2 aromatic carbocycles. The summed E-state index contributed by atoms with van der Waals surface area (Å²) in [5, 5.41) is 3.25. The fourth-order valence-electron chi connectivity index (χ4n) is 3.10. The summed E-state index contributed by atoms with van der Waals surface area (Å²) in [5.41, 5.74) is 3.13. The van der Waals surface area contributed by atoms with Gasteiger partial charge in [-0.15, -0.1) is 0 Å². The standard InChI is InChI=1S/C20H25N3O3S/c1-14-4-7-18(12-15(14)2)22-27(25,26)19-8-5-17(6-9-19)20(24)23-11-10-21-13-16(23)3/h4-9,12,16,21-22H,10-11,13H2,1-3H3/t16-/m1/s1. The van der Waals surface area contributed by atoms with Gasteiger partial charge in [-0.1, -0.05) is 6.07 Å². The van der Waals surface area contributed by atoms with Gasteiger partial charge in [-0.25, -0.2) is 8.42 Å². The Hall–Kier alpha value is -2.38. The van der Waals surface area contributed by atoms with Crippen LogP contribution in [0.5, 0.6) is 0 Å². The molecule has 144 valence electrons. The SMILES string of the molecule is Cc1ccc(NS(=O)(=O)c2ccc(C(=O)N3CCNC[C@H]3C)cc2)cc1C. The van der Waals surface area contributed by atoms with Gasteiger partial charge < -0.3 is 10.2 Å². The number of nitrogens with one attached hydrogen (secondary N) is 2. The van der Waals surface area contributed by atoms with Crippen LogP contribution in [0.15, 0.2) is 47.4 Å². The predicted octanol–water partition coefficient (Wildman–Crippen LogP) is 2.54. The van der Waals surface area contributed by atoms with Crippen molar-refractivity contribution in [2.75, 3.05) is 24.4 Å². The maximum Gasteiger partial charge on any atom is 0.261 e. The van der Waals surface area contributed by atoms with E-state index in [0.29, 0.717) is 17.8 Å². The number of carbonyl (C=O) groups is 1. The lowest BCUT2D eigenvalue weighted by Crippen LogP contribution is -2.52. The van der Waals surface area contributed by atoms with Crippen LogP contribution in [0.25, 0.3) is 0 Å². The third-order valence-corrected chi connectivity index (χ3v) is 6.33. The molecule has 0 bridgehead atoms. The van der Waals surface area contributed by atoms with Crippen molar-refractivity contribution in [3.05, 3.63) is 59.2 Å². The second-order valence-electron chi connectivity index (χ2n) is 6.98. The molecule has 0 aromatic heterocycles. The number of rotatable bonds is 4. The van der Waals surface area contributed by atoms with E-state index in [1.807, 2.05) is 31.7 Å². The first kappa shape index (κ1) is 19.4. The number of nitrogens with zero attached hydrogens (tertiary/aromatic N) is 1. The van der Waals surface area contributed by atoms with E-state index in [0.717, 1.165) is 24.2 Å². The molecule has 0 aliphatic carbocycles. The Bertz CT molecular complexity index is 939.